The topological polar surface area (TPSA) is 80.2 Å². The number of hydrogen-bond acceptors (Lipinski definition) is 4. The molecule has 8 heteroatoms. The van der Waals surface area contributed by atoms with Crippen molar-refractivity contribution in [2.75, 3.05) is 45.7 Å². The van der Waals surface area contributed by atoms with E-state index >= 15 is 0 Å². The van der Waals surface area contributed by atoms with Gasteiger partial charge >= 0.3 is 0 Å². The lowest BCUT2D eigenvalue weighted by atomic mass is 10.1. The Balaban J connectivity index is 1.78. The summed E-state index contributed by atoms with van der Waals surface area (Å²) in [5, 5.41) is 2.83. The van der Waals surface area contributed by atoms with Crippen LogP contribution in [0.5, 0.6) is 5.75 Å². The summed E-state index contributed by atoms with van der Waals surface area (Å²) in [6.07, 6.45) is 6.51. The fourth-order valence-corrected chi connectivity index (χ4v) is 4.98. The van der Waals surface area contributed by atoms with E-state index in [1.54, 1.807) is 6.07 Å². The second-order valence-electron chi connectivity index (χ2n) is 7.24. The fraction of sp³-hybridized carbons (Fsp3) is 0.526. The second-order valence-corrected chi connectivity index (χ2v) is 9.18. The number of hydrogen-bond donors (Lipinski definition) is 2. The zero-order valence-electron chi connectivity index (χ0n) is 15.9. The van der Waals surface area contributed by atoms with Gasteiger partial charge in [-0.3, -0.25) is 4.79 Å². The van der Waals surface area contributed by atoms with Crippen molar-refractivity contribution in [3.8, 4) is 5.75 Å². The molecule has 1 aromatic carbocycles. The van der Waals surface area contributed by atoms with Crippen LogP contribution in [0, 0.1) is 5.92 Å². The first kappa shape index (κ1) is 19.9. The van der Waals surface area contributed by atoms with Crippen LogP contribution in [0.3, 0.4) is 0 Å². The van der Waals surface area contributed by atoms with Gasteiger partial charge in [0.1, 0.15) is 5.75 Å². The maximum atomic E-state index is 13.0. The van der Waals surface area contributed by atoms with E-state index in [4.69, 9.17) is 4.74 Å². The summed E-state index contributed by atoms with van der Waals surface area (Å²) in [4.78, 5) is 13.9. The van der Waals surface area contributed by atoms with Crippen molar-refractivity contribution >= 4 is 21.6 Å². The number of anilines is 1. The minimum atomic E-state index is -3.59. The molecule has 2 aliphatic rings. The fourth-order valence-electron chi connectivity index (χ4n) is 3.51. The molecule has 1 aromatic rings. The van der Waals surface area contributed by atoms with Gasteiger partial charge in [-0.05, 0) is 37.0 Å². The third-order valence-electron chi connectivity index (χ3n) is 5.22. The molecule has 1 aliphatic heterocycles. The van der Waals surface area contributed by atoms with Crippen molar-refractivity contribution in [3.63, 3.8) is 0 Å². The molecule has 1 atom stereocenters. The Hall–Kier alpha value is -1.90. The van der Waals surface area contributed by atoms with Crippen LogP contribution in [0.1, 0.15) is 19.3 Å². The van der Waals surface area contributed by atoms with Gasteiger partial charge in [0.05, 0.1) is 50.9 Å². The van der Waals surface area contributed by atoms with E-state index in [-0.39, 0.29) is 16.7 Å². The van der Waals surface area contributed by atoms with Crippen LogP contribution in [-0.4, -0.2) is 59.0 Å². The van der Waals surface area contributed by atoms with Gasteiger partial charge in [0.2, 0.25) is 15.9 Å². The van der Waals surface area contributed by atoms with E-state index in [1.165, 1.54) is 28.4 Å². The first-order chi connectivity index (χ1) is 12.9. The van der Waals surface area contributed by atoms with Gasteiger partial charge in [-0.1, -0.05) is 12.2 Å². The number of piperazine rings is 1. The highest BCUT2D eigenvalue weighted by Gasteiger charge is 2.30. The van der Waals surface area contributed by atoms with Crippen molar-refractivity contribution in [2.45, 2.75) is 24.2 Å². The molecule has 0 spiro atoms. The average Bonchev–Trinajstić information content (AvgIpc) is 3.14. The van der Waals surface area contributed by atoms with Crippen molar-refractivity contribution in [2.24, 2.45) is 5.92 Å². The number of quaternary nitrogens is 1. The smallest absolute Gasteiger partial charge is 0.243 e. The molecule has 0 radical (unpaired) electrons. The van der Waals surface area contributed by atoms with E-state index in [1.807, 2.05) is 0 Å². The minimum Gasteiger partial charge on any atom is -0.495 e. The Morgan fingerprint density at radius 2 is 2.07 bits per heavy atom. The molecule has 1 fully saturated rings. The lowest BCUT2D eigenvalue weighted by Gasteiger charge is -2.29. The highest BCUT2D eigenvalue weighted by molar-refractivity contribution is 7.89. The van der Waals surface area contributed by atoms with Crippen LogP contribution in [0.4, 0.5) is 5.69 Å². The minimum absolute atomic E-state index is 0.136. The van der Waals surface area contributed by atoms with E-state index in [0.29, 0.717) is 30.9 Å². The first-order valence-corrected chi connectivity index (χ1v) is 10.8. The lowest BCUT2D eigenvalue weighted by Crippen LogP contribution is -3.12. The van der Waals surface area contributed by atoms with Crippen LogP contribution in [-0.2, 0) is 14.8 Å². The summed E-state index contributed by atoms with van der Waals surface area (Å²) in [6, 6.07) is 4.63. The summed E-state index contributed by atoms with van der Waals surface area (Å²) in [6.45, 7) is 2.56. The Bertz CT molecular complexity index is 814. The normalized spacial score (nSPS) is 21.3. The molecular weight excluding hydrogens is 366 g/mol. The standard InChI is InChI=1S/C19H27N3O4S/c1-21-9-11-22(12-10-21)27(24,25)16-7-8-18(26-2)17(14-16)20-19(23)13-15-5-3-4-6-15/h3,5,7-8,14-15H,4,6,9-13H2,1-2H3,(H,20,23)/p+1/t15-/m1/s1. The highest BCUT2D eigenvalue weighted by atomic mass is 32.2. The SMILES string of the molecule is COc1ccc(S(=O)(=O)N2CC[NH+](C)CC2)cc1NC(=O)C[C@@H]1C=CCC1. The summed E-state index contributed by atoms with van der Waals surface area (Å²) >= 11 is 0. The molecule has 3 rings (SSSR count). The van der Waals surface area contributed by atoms with Gasteiger partial charge in [-0.25, -0.2) is 8.42 Å². The summed E-state index contributed by atoms with van der Waals surface area (Å²) in [7, 11) is -0.0270. The number of nitrogens with one attached hydrogen (secondary N) is 2. The molecule has 0 bridgehead atoms. The van der Waals surface area contributed by atoms with E-state index in [2.05, 4.69) is 24.5 Å². The zero-order chi connectivity index (χ0) is 19.4. The Morgan fingerprint density at radius 3 is 2.70 bits per heavy atom. The van der Waals surface area contributed by atoms with Crippen molar-refractivity contribution < 1.29 is 22.8 Å². The Kier molecular flexibility index (Phi) is 6.18. The summed E-state index contributed by atoms with van der Waals surface area (Å²) in [5.74, 6) is 0.561. The van der Waals surface area contributed by atoms with Crippen LogP contribution in [0.15, 0.2) is 35.2 Å². The molecule has 0 saturated carbocycles. The first-order valence-electron chi connectivity index (χ1n) is 9.36. The quantitative estimate of drug-likeness (QED) is 0.689. The number of allylic oxidation sites excluding steroid dienone is 2. The molecule has 0 unspecified atom stereocenters. The monoisotopic (exact) mass is 394 g/mol. The maximum absolute atomic E-state index is 13.0. The third kappa shape index (κ3) is 4.69. The average molecular weight is 395 g/mol. The molecule has 0 aromatic heterocycles. The Labute approximate surface area is 161 Å². The van der Waals surface area contributed by atoms with Crippen LogP contribution < -0.4 is 15.0 Å². The highest BCUT2D eigenvalue weighted by Crippen LogP contribution is 2.30. The number of methoxy groups -OCH3 is 1. The van der Waals surface area contributed by atoms with Crippen LogP contribution >= 0.6 is 0 Å². The largest absolute Gasteiger partial charge is 0.495 e. The summed E-state index contributed by atoms with van der Waals surface area (Å²) in [5.41, 5.74) is 0.394. The van der Waals surface area contributed by atoms with Gasteiger partial charge in [-0.15, -0.1) is 0 Å². The molecule has 7 nitrogen and oxygen atoms in total. The van der Waals surface area contributed by atoms with Crippen molar-refractivity contribution in [1.82, 2.24) is 4.31 Å². The molecule has 1 aliphatic carbocycles. The number of carbonyl (C=O) groups excluding carboxylic acids is 1. The van der Waals surface area contributed by atoms with Gasteiger partial charge in [-0.2, -0.15) is 4.31 Å². The number of nitrogens with zero attached hydrogens (tertiary/aromatic N) is 1. The molecule has 1 saturated heterocycles. The predicted molar refractivity (Wildman–Crippen MR) is 103 cm³/mol. The van der Waals surface area contributed by atoms with E-state index in [9.17, 15) is 13.2 Å². The number of amides is 1. The van der Waals surface area contributed by atoms with Gasteiger partial charge in [0.15, 0.2) is 0 Å². The number of benzene rings is 1. The number of ether oxygens (including phenoxy) is 1. The maximum Gasteiger partial charge on any atom is 0.243 e. The molecular formula is C19H28N3O4S+. The van der Waals surface area contributed by atoms with E-state index in [0.717, 1.165) is 25.9 Å². The zero-order valence-corrected chi connectivity index (χ0v) is 16.7. The molecule has 1 heterocycles. The summed E-state index contributed by atoms with van der Waals surface area (Å²) < 4.78 is 32.7. The van der Waals surface area contributed by atoms with Gasteiger partial charge in [0, 0.05) is 6.42 Å². The molecule has 148 valence electrons. The van der Waals surface area contributed by atoms with Crippen molar-refractivity contribution in [3.05, 3.63) is 30.4 Å². The van der Waals surface area contributed by atoms with Gasteiger partial charge in [0.25, 0.3) is 0 Å². The van der Waals surface area contributed by atoms with E-state index < -0.39 is 10.0 Å². The van der Waals surface area contributed by atoms with Gasteiger partial charge < -0.3 is 15.0 Å². The number of carbonyl (C=O) groups is 1. The second kappa shape index (κ2) is 8.41. The Morgan fingerprint density at radius 1 is 1.33 bits per heavy atom. The molecule has 1 amide bonds. The lowest BCUT2D eigenvalue weighted by molar-refractivity contribution is -0.883. The predicted octanol–water partition coefficient (Wildman–Crippen LogP) is 0.509. The third-order valence-corrected chi connectivity index (χ3v) is 7.11. The molecule has 2 N–H and O–H groups in total. The number of likely N-dealkylation sites (N-methyl/N-ethyl adjacent to an activating group) is 1. The number of sulfonamides is 1. The number of rotatable bonds is 6. The molecule has 27 heavy (non-hydrogen) atoms. The van der Waals surface area contributed by atoms with Crippen molar-refractivity contribution in [1.29, 1.82) is 0 Å². The van der Waals surface area contributed by atoms with Crippen LogP contribution in [0.25, 0.3) is 0 Å². The van der Waals surface area contributed by atoms with Crippen LogP contribution in [0.2, 0.25) is 0 Å².